The maximum absolute atomic E-state index is 5.73. The summed E-state index contributed by atoms with van der Waals surface area (Å²) in [5.74, 6) is 2.06. The Kier molecular flexibility index (Phi) is 11.5. The molecular formula is C22H39N5O3. The molecule has 1 aromatic rings. The van der Waals surface area contributed by atoms with Crippen molar-refractivity contribution in [1.29, 1.82) is 0 Å². The number of ether oxygens (including phenoxy) is 3. The van der Waals surface area contributed by atoms with Crippen molar-refractivity contribution in [3.8, 4) is 5.88 Å². The first-order chi connectivity index (χ1) is 14.7. The van der Waals surface area contributed by atoms with Crippen molar-refractivity contribution in [2.75, 3.05) is 60.2 Å². The number of nitrogens with zero attached hydrogens (tertiary/aromatic N) is 3. The molecular weight excluding hydrogens is 382 g/mol. The van der Waals surface area contributed by atoms with Crippen molar-refractivity contribution >= 4 is 5.96 Å². The Morgan fingerprint density at radius 1 is 1.23 bits per heavy atom. The molecule has 2 heterocycles. The van der Waals surface area contributed by atoms with Crippen molar-refractivity contribution in [1.82, 2.24) is 20.5 Å². The van der Waals surface area contributed by atoms with Gasteiger partial charge in [-0.25, -0.2) is 4.98 Å². The largest absolute Gasteiger partial charge is 0.475 e. The second kappa shape index (κ2) is 14.2. The lowest BCUT2D eigenvalue weighted by Crippen LogP contribution is -2.53. The second-order valence-electron chi connectivity index (χ2n) is 7.41. The van der Waals surface area contributed by atoms with Crippen molar-refractivity contribution in [2.45, 2.75) is 39.3 Å². The minimum Gasteiger partial charge on any atom is -0.475 e. The highest BCUT2D eigenvalue weighted by Gasteiger charge is 2.27. The lowest BCUT2D eigenvalue weighted by Gasteiger charge is -2.39. The van der Waals surface area contributed by atoms with Crippen LogP contribution in [0.4, 0.5) is 0 Å². The summed E-state index contributed by atoms with van der Waals surface area (Å²) in [5.41, 5.74) is 0.987. The number of hydrogen-bond acceptors (Lipinski definition) is 6. The SMILES string of the molecule is CCC(CC)C(CNC(=NC)NCc1cccnc1OCCOC)N1CCOCC1. The van der Waals surface area contributed by atoms with E-state index in [1.54, 1.807) is 20.4 Å². The van der Waals surface area contributed by atoms with Gasteiger partial charge in [0.1, 0.15) is 6.61 Å². The highest BCUT2D eigenvalue weighted by molar-refractivity contribution is 5.79. The van der Waals surface area contributed by atoms with E-state index in [4.69, 9.17) is 14.2 Å². The Bertz CT molecular complexity index is 619. The summed E-state index contributed by atoms with van der Waals surface area (Å²) in [6, 6.07) is 4.39. The number of guanidine groups is 1. The molecule has 1 unspecified atom stereocenters. The third-order valence-corrected chi connectivity index (χ3v) is 5.63. The van der Waals surface area contributed by atoms with E-state index < -0.39 is 0 Å². The maximum atomic E-state index is 5.73. The van der Waals surface area contributed by atoms with E-state index in [-0.39, 0.29) is 0 Å². The highest BCUT2D eigenvalue weighted by Crippen LogP contribution is 2.19. The molecule has 0 saturated carbocycles. The fourth-order valence-electron chi connectivity index (χ4n) is 3.85. The number of aromatic nitrogens is 1. The number of nitrogens with one attached hydrogen (secondary N) is 2. The molecule has 0 amide bonds. The topological polar surface area (TPSA) is 80.2 Å². The number of methoxy groups -OCH3 is 1. The van der Waals surface area contributed by atoms with E-state index in [1.807, 2.05) is 12.1 Å². The van der Waals surface area contributed by atoms with Crippen LogP contribution in [0.15, 0.2) is 23.3 Å². The lowest BCUT2D eigenvalue weighted by molar-refractivity contribution is 0.00272. The van der Waals surface area contributed by atoms with Gasteiger partial charge in [0.15, 0.2) is 5.96 Å². The molecule has 0 spiro atoms. The summed E-state index contributed by atoms with van der Waals surface area (Å²) in [4.78, 5) is 11.3. The predicted molar refractivity (Wildman–Crippen MR) is 120 cm³/mol. The van der Waals surface area contributed by atoms with E-state index in [1.165, 1.54) is 12.8 Å². The van der Waals surface area contributed by atoms with E-state index in [2.05, 4.69) is 39.4 Å². The molecule has 1 fully saturated rings. The fourth-order valence-corrected chi connectivity index (χ4v) is 3.85. The third-order valence-electron chi connectivity index (χ3n) is 5.63. The Morgan fingerprint density at radius 3 is 2.67 bits per heavy atom. The van der Waals surface area contributed by atoms with Crippen molar-refractivity contribution < 1.29 is 14.2 Å². The molecule has 1 saturated heterocycles. The molecule has 2 rings (SSSR count). The molecule has 0 radical (unpaired) electrons. The number of hydrogen-bond donors (Lipinski definition) is 2. The van der Waals surface area contributed by atoms with Crippen LogP contribution in [0.3, 0.4) is 0 Å². The van der Waals surface area contributed by atoms with Crippen LogP contribution in [-0.2, 0) is 16.0 Å². The third kappa shape index (κ3) is 7.74. The van der Waals surface area contributed by atoms with Gasteiger partial charge in [-0.3, -0.25) is 9.89 Å². The van der Waals surface area contributed by atoms with Crippen LogP contribution in [0, 0.1) is 5.92 Å². The summed E-state index contributed by atoms with van der Waals surface area (Å²) < 4.78 is 16.3. The maximum Gasteiger partial charge on any atom is 0.218 e. The van der Waals surface area contributed by atoms with Gasteiger partial charge in [0.05, 0.1) is 19.8 Å². The van der Waals surface area contributed by atoms with E-state index >= 15 is 0 Å². The summed E-state index contributed by atoms with van der Waals surface area (Å²) in [6.07, 6.45) is 4.08. The van der Waals surface area contributed by atoms with E-state index in [9.17, 15) is 0 Å². The average molecular weight is 422 g/mol. The van der Waals surface area contributed by atoms with Crippen molar-refractivity contribution in [2.24, 2.45) is 10.9 Å². The Morgan fingerprint density at radius 2 is 2.00 bits per heavy atom. The van der Waals surface area contributed by atoms with Crippen LogP contribution in [0.25, 0.3) is 0 Å². The van der Waals surface area contributed by atoms with Gasteiger partial charge in [0, 0.05) is 58.1 Å². The zero-order valence-electron chi connectivity index (χ0n) is 19.0. The predicted octanol–water partition coefficient (Wildman–Crippen LogP) is 1.91. The monoisotopic (exact) mass is 421 g/mol. The van der Waals surface area contributed by atoms with Crippen LogP contribution < -0.4 is 15.4 Å². The summed E-state index contributed by atoms with van der Waals surface area (Å²) >= 11 is 0. The van der Waals surface area contributed by atoms with Gasteiger partial charge in [0.25, 0.3) is 0 Å². The molecule has 0 bridgehead atoms. The zero-order chi connectivity index (χ0) is 21.6. The molecule has 0 aromatic carbocycles. The van der Waals surface area contributed by atoms with Crippen LogP contribution in [0.2, 0.25) is 0 Å². The first kappa shape index (κ1) is 24.4. The van der Waals surface area contributed by atoms with Crippen LogP contribution >= 0.6 is 0 Å². The number of pyridine rings is 1. The summed E-state index contributed by atoms with van der Waals surface area (Å²) in [5, 5.41) is 6.93. The van der Waals surface area contributed by atoms with Crippen molar-refractivity contribution in [3.05, 3.63) is 23.9 Å². The fraction of sp³-hybridized carbons (Fsp3) is 0.727. The summed E-state index contributed by atoms with van der Waals surface area (Å²) in [7, 11) is 3.46. The molecule has 8 heteroatoms. The first-order valence-electron chi connectivity index (χ1n) is 11.0. The molecule has 1 aliphatic rings. The summed E-state index contributed by atoms with van der Waals surface area (Å²) in [6.45, 7) is 10.6. The Hall–Kier alpha value is -1.90. The Labute approximate surface area is 181 Å². The quantitative estimate of drug-likeness (QED) is 0.303. The molecule has 1 atom stereocenters. The molecule has 8 nitrogen and oxygen atoms in total. The smallest absolute Gasteiger partial charge is 0.218 e. The van der Waals surface area contributed by atoms with Gasteiger partial charge in [-0.15, -0.1) is 0 Å². The first-order valence-corrected chi connectivity index (χ1v) is 11.0. The van der Waals surface area contributed by atoms with Gasteiger partial charge in [-0.1, -0.05) is 32.8 Å². The Balaban J connectivity index is 1.93. The van der Waals surface area contributed by atoms with Crippen LogP contribution in [0.1, 0.15) is 32.3 Å². The molecule has 170 valence electrons. The number of morpholine rings is 1. The second-order valence-corrected chi connectivity index (χ2v) is 7.41. The van der Waals surface area contributed by atoms with Crippen LogP contribution in [-0.4, -0.2) is 82.1 Å². The standard InChI is InChI=1S/C22H39N5O3/c1-5-18(6-2)20(27-10-12-29-13-11-27)17-26-22(23-3)25-16-19-8-7-9-24-21(19)30-15-14-28-4/h7-9,18,20H,5-6,10-17H2,1-4H3,(H2,23,25,26). The van der Waals surface area contributed by atoms with Gasteiger partial charge in [-0.2, -0.15) is 0 Å². The highest BCUT2D eigenvalue weighted by atomic mass is 16.5. The molecule has 1 aliphatic heterocycles. The number of aliphatic imine (C=N–C) groups is 1. The minimum absolute atomic E-state index is 0.466. The minimum atomic E-state index is 0.466. The van der Waals surface area contributed by atoms with E-state index in [0.29, 0.717) is 37.6 Å². The van der Waals surface area contributed by atoms with Crippen LogP contribution in [0.5, 0.6) is 5.88 Å². The molecule has 30 heavy (non-hydrogen) atoms. The molecule has 2 N–H and O–H groups in total. The zero-order valence-corrected chi connectivity index (χ0v) is 19.0. The molecule has 1 aromatic heterocycles. The average Bonchev–Trinajstić information content (AvgIpc) is 2.80. The number of rotatable bonds is 12. The van der Waals surface area contributed by atoms with Gasteiger partial charge in [-0.05, 0) is 12.0 Å². The van der Waals surface area contributed by atoms with E-state index in [0.717, 1.165) is 44.4 Å². The van der Waals surface area contributed by atoms with Gasteiger partial charge >= 0.3 is 0 Å². The normalized spacial score (nSPS) is 16.5. The van der Waals surface area contributed by atoms with Gasteiger partial charge < -0.3 is 24.8 Å². The van der Waals surface area contributed by atoms with Crippen molar-refractivity contribution in [3.63, 3.8) is 0 Å². The molecule has 0 aliphatic carbocycles. The van der Waals surface area contributed by atoms with Gasteiger partial charge in [0.2, 0.25) is 5.88 Å². The lowest BCUT2D eigenvalue weighted by atomic mass is 9.92.